The van der Waals surface area contributed by atoms with Gasteiger partial charge in [0.05, 0.1) is 7.11 Å². The standard InChI is InChI=1S/C9H14N2O2S2/c1-13-9(12)7(10)2-4-14-6-8-11-3-5-15-8/h3,5,7H,2,4,6,10H2,1H3. The van der Waals surface area contributed by atoms with Gasteiger partial charge < -0.3 is 10.5 Å². The van der Waals surface area contributed by atoms with E-state index in [1.54, 1.807) is 29.3 Å². The molecule has 4 nitrogen and oxygen atoms in total. The van der Waals surface area contributed by atoms with Crippen molar-refractivity contribution < 1.29 is 9.53 Å². The number of nitrogens with zero attached hydrogens (tertiary/aromatic N) is 1. The van der Waals surface area contributed by atoms with Crippen molar-refractivity contribution in [3.63, 3.8) is 0 Å². The Morgan fingerprint density at radius 3 is 3.20 bits per heavy atom. The topological polar surface area (TPSA) is 65.2 Å². The summed E-state index contributed by atoms with van der Waals surface area (Å²) in [7, 11) is 1.35. The van der Waals surface area contributed by atoms with Crippen LogP contribution in [0.2, 0.25) is 0 Å². The highest BCUT2D eigenvalue weighted by Gasteiger charge is 2.12. The fourth-order valence-corrected chi connectivity index (χ4v) is 2.70. The summed E-state index contributed by atoms with van der Waals surface area (Å²) in [6.45, 7) is 0. The second kappa shape index (κ2) is 6.81. The van der Waals surface area contributed by atoms with E-state index in [0.29, 0.717) is 6.42 Å². The minimum absolute atomic E-state index is 0.343. The molecule has 6 heteroatoms. The summed E-state index contributed by atoms with van der Waals surface area (Å²) < 4.78 is 4.53. The van der Waals surface area contributed by atoms with Gasteiger partial charge in [-0.3, -0.25) is 4.79 Å². The zero-order valence-corrected chi connectivity index (χ0v) is 10.1. The number of nitrogens with two attached hydrogens (primary N) is 1. The molecule has 1 unspecified atom stereocenters. The molecule has 0 spiro atoms. The normalized spacial score (nSPS) is 12.4. The number of esters is 1. The van der Waals surface area contributed by atoms with Gasteiger partial charge in [0.1, 0.15) is 11.0 Å². The summed E-state index contributed by atoms with van der Waals surface area (Å²) in [5.41, 5.74) is 5.59. The molecule has 0 bridgehead atoms. The van der Waals surface area contributed by atoms with Crippen molar-refractivity contribution in [3.8, 4) is 0 Å². The third kappa shape index (κ3) is 4.63. The summed E-state index contributed by atoms with van der Waals surface area (Å²) in [6.07, 6.45) is 2.43. The Bertz CT molecular complexity index is 290. The average Bonchev–Trinajstić information content (AvgIpc) is 2.75. The van der Waals surface area contributed by atoms with Crippen molar-refractivity contribution >= 4 is 29.1 Å². The van der Waals surface area contributed by atoms with Gasteiger partial charge in [-0.1, -0.05) is 0 Å². The molecule has 2 N–H and O–H groups in total. The van der Waals surface area contributed by atoms with Crippen LogP contribution in [0.1, 0.15) is 11.4 Å². The van der Waals surface area contributed by atoms with E-state index in [2.05, 4.69) is 9.72 Å². The van der Waals surface area contributed by atoms with Gasteiger partial charge in [0, 0.05) is 17.3 Å². The lowest BCUT2D eigenvalue weighted by atomic mass is 10.2. The van der Waals surface area contributed by atoms with Gasteiger partial charge in [-0.2, -0.15) is 11.8 Å². The molecule has 0 radical (unpaired) electrons. The maximum absolute atomic E-state index is 11.0. The number of carbonyl (C=O) groups is 1. The van der Waals surface area contributed by atoms with Crippen LogP contribution < -0.4 is 5.73 Å². The predicted molar refractivity (Wildman–Crippen MR) is 62.9 cm³/mol. The second-order valence-corrected chi connectivity index (χ2v) is 4.98. The van der Waals surface area contributed by atoms with Crippen LogP contribution in [0.25, 0.3) is 0 Å². The number of hydrogen-bond acceptors (Lipinski definition) is 6. The third-order valence-corrected chi connectivity index (χ3v) is 3.75. The van der Waals surface area contributed by atoms with Gasteiger partial charge in [-0.25, -0.2) is 4.98 Å². The minimum atomic E-state index is -0.501. The lowest BCUT2D eigenvalue weighted by Crippen LogP contribution is -2.31. The third-order valence-electron chi connectivity index (χ3n) is 1.79. The Balaban J connectivity index is 2.09. The lowest BCUT2D eigenvalue weighted by molar-refractivity contribution is -0.142. The summed E-state index contributed by atoms with van der Waals surface area (Å²) in [5, 5.41) is 3.06. The van der Waals surface area contributed by atoms with E-state index >= 15 is 0 Å². The van der Waals surface area contributed by atoms with Gasteiger partial charge in [0.15, 0.2) is 0 Å². The Hall–Kier alpha value is -0.590. The number of aromatic nitrogens is 1. The molecule has 1 heterocycles. The number of rotatable bonds is 6. The molecule has 0 saturated heterocycles. The number of thiazole rings is 1. The number of ether oxygens (including phenoxy) is 1. The number of carbonyl (C=O) groups excluding carboxylic acids is 1. The van der Waals surface area contributed by atoms with E-state index in [9.17, 15) is 4.79 Å². The molecule has 0 fully saturated rings. The number of thioether (sulfide) groups is 1. The highest BCUT2D eigenvalue weighted by Crippen LogP contribution is 2.15. The Kier molecular flexibility index (Phi) is 5.67. The summed E-state index contributed by atoms with van der Waals surface area (Å²) in [5.74, 6) is 1.38. The highest BCUT2D eigenvalue weighted by atomic mass is 32.2. The van der Waals surface area contributed by atoms with Crippen LogP contribution in [-0.2, 0) is 15.3 Å². The van der Waals surface area contributed by atoms with Crippen molar-refractivity contribution in [1.29, 1.82) is 0 Å². The molecule has 0 aliphatic heterocycles. The molecule has 15 heavy (non-hydrogen) atoms. The first-order valence-corrected chi connectivity index (χ1v) is 6.57. The van der Waals surface area contributed by atoms with Crippen LogP contribution in [0.5, 0.6) is 0 Å². The van der Waals surface area contributed by atoms with E-state index in [1.807, 2.05) is 5.38 Å². The smallest absolute Gasteiger partial charge is 0.322 e. The molecular weight excluding hydrogens is 232 g/mol. The number of hydrogen-bond donors (Lipinski definition) is 1. The van der Waals surface area contributed by atoms with Gasteiger partial charge >= 0.3 is 5.97 Å². The van der Waals surface area contributed by atoms with Crippen LogP contribution in [0, 0.1) is 0 Å². The highest BCUT2D eigenvalue weighted by molar-refractivity contribution is 7.98. The van der Waals surface area contributed by atoms with E-state index < -0.39 is 6.04 Å². The molecule has 0 amide bonds. The maximum atomic E-state index is 11.0. The summed E-state index contributed by atoms with van der Waals surface area (Å²) >= 11 is 3.37. The zero-order chi connectivity index (χ0) is 11.1. The van der Waals surface area contributed by atoms with Crippen molar-refractivity contribution in [2.24, 2.45) is 5.73 Å². The first kappa shape index (κ1) is 12.5. The predicted octanol–water partition coefficient (Wildman–Crippen LogP) is 1.27. The van der Waals surface area contributed by atoms with Crippen LogP contribution >= 0.6 is 23.1 Å². The maximum Gasteiger partial charge on any atom is 0.322 e. The zero-order valence-electron chi connectivity index (χ0n) is 8.51. The SMILES string of the molecule is COC(=O)C(N)CCSCc1nccs1. The monoisotopic (exact) mass is 246 g/mol. The van der Waals surface area contributed by atoms with E-state index in [4.69, 9.17) is 5.73 Å². The van der Waals surface area contributed by atoms with Crippen molar-refractivity contribution in [2.45, 2.75) is 18.2 Å². The molecular formula is C9H14N2O2S2. The molecule has 0 aromatic carbocycles. The molecule has 1 aromatic rings. The molecule has 1 atom stereocenters. The quantitative estimate of drug-likeness (QED) is 0.605. The minimum Gasteiger partial charge on any atom is -0.468 e. The van der Waals surface area contributed by atoms with E-state index in [1.165, 1.54) is 7.11 Å². The largest absolute Gasteiger partial charge is 0.468 e. The van der Waals surface area contributed by atoms with Crippen LogP contribution in [0.4, 0.5) is 0 Å². The number of methoxy groups -OCH3 is 1. The van der Waals surface area contributed by atoms with Crippen molar-refractivity contribution in [1.82, 2.24) is 4.98 Å². The van der Waals surface area contributed by atoms with Gasteiger partial charge in [0.25, 0.3) is 0 Å². The Morgan fingerprint density at radius 2 is 2.60 bits per heavy atom. The second-order valence-electron chi connectivity index (χ2n) is 2.90. The molecule has 0 aliphatic rings. The van der Waals surface area contributed by atoms with Crippen molar-refractivity contribution in [3.05, 3.63) is 16.6 Å². The van der Waals surface area contributed by atoms with Crippen LogP contribution in [-0.4, -0.2) is 29.9 Å². The molecule has 0 aliphatic carbocycles. The fourth-order valence-electron chi connectivity index (χ4n) is 0.963. The first-order chi connectivity index (χ1) is 7.24. The molecule has 1 aromatic heterocycles. The van der Waals surface area contributed by atoms with Gasteiger partial charge in [-0.05, 0) is 12.2 Å². The lowest BCUT2D eigenvalue weighted by Gasteiger charge is -2.07. The molecule has 84 valence electrons. The molecule has 0 saturated carbocycles. The van der Waals surface area contributed by atoms with E-state index in [-0.39, 0.29) is 5.97 Å². The molecule has 1 rings (SSSR count). The van der Waals surface area contributed by atoms with E-state index in [0.717, 1.165) is 16.5 Å². The van der Waals surface area contributed by atoms with Gasteiger partial charge in [-0.15, -0.1) is 11.3 Å². The van der Waals surface area contributed by atoms with Crippen LogP contribution in [0.3, 0.4) is 0 Å². The first-order valence-electron chi connectivity index (χ1n) is 4.53. The summed E-state index contributed by atoms with van der Waals surface area (Å²) in [6, 6.07) is -0.501. The Labute approximate surface area is 97.2 Å². The van der Waals surface area contributed by atoms with Crippen molar-refractivity contribution in [2.75, 3.05) is 12.9 Å². The van der Waals surface area contributed by atoms with Gasteiger partial charge in [0.2, 0.25) is 0 Å². The fraction of sp³-hybridized carbons (Fsp3) is 0.556. The average molecular weight is 246 g/mol. The summed E-state index contributed by atoms with van der Waals surface area (Å²) in [4.78, 5) is 15.1. The Morgan fingerprint density at radius 1 is 1.80 bits per heavy atom. The van der Waals surface area contributed by atoms with Crippen LogP contribution in [0.15, 0.2) is 11.6 Å².